The van der Waals surface area contributed by atoms with Crippen LogP contribution < -0.4 is 5.73 Å². The number of ketones is 1. The minimum absolute atomic E-state index is 0.152. The molecule has 0 aromatic heterocycles. The van der Waals surface area contributed by atoms with Crippen molar-refractivity contribution in [3.05, 3.63) is 35.9 Å². The third-order valence-electron chi connectivity index (χ3n) is 4.05. The summed E-state index contributed by atoms with van der Waals surface area (Å²) in [6.07, 6.45) is 3.25. The van der Waals surface area contributed by atoms with Crippen LogP contribution in [0.3, 0.4) is 0 Å². The van der Waals surface area contributed by atoms with Crippen LogP contribution in [0, 0.1) is 17.8 Å². The van der Waals surface area contributed by atoms with Crippen LogP contribution in [0.1, 0.15) is 44.7 Å². The first-order chi connectivity index (χ1) is 8.58. The first-order valence-electron chi connectivity index (χ1n) is 6.92. The molecule has 2 N–H and O–H groups in total. The maximum atomic E-state index is 12.5. The van der Waals surface area contributed by atoms with Crippen molar-refractivity contribution >= 4 is 5.78 Å². The van der Waals surface area contributed by atoms with Gasteiger partial charge in [-0.05, 0) is 36.7 Å². The van der Waals surface area contributed by atoms with E-state index in [-0.39, 0.29) is 11.7 Å². The molecule has 0 radical (unpaired) electrons. The molecular weight excluding hydrogens is 222 g/mol. The summed E-state index contributed by atoms with van der Waals surface area (Å²) < 4.78 is 0. The van der Waals surface area contributed by atoms with Crippen LogP contribution >= 0.6 is 0 Å². The van der Waals surface area contributed by atoms with E-state index in [1.54, 1.807) is 0 Å². The highest BCUT2D eigenvalue weighted by molar-refractivity contribution is 5.87. The minimum Gasteiger partial charge on any atom is -0.318 e. The summed E-state index contributed by atoms with van der Waals surface area (Å²) in [6, 6.07) is 9.26. The Balaban J connectivity index is 2.07. The van der Waals surface area contributed by atoms with E-state index in [1.807, 2.05) is 30.3 Å². The molecule has 1 aliphatic carbocycles. The number of carbonyl (C=O) groups is 1. The molecule has 2 nitrogen and oxygen atoms in total. The van der Waals surface area contributed by atoms with E-state index in [0.717, 1.165) is 18.4 Å². The van der Waals surface area contributed by atoms with Crippen LogP contribution in [0.4, 0.5) is 0 Å². The lowest BCUT2D eigenvalue weighted by atomic mass is 9.73. The molecule has 2 rings (SSSR count). The minimum atomic E-state index is -0.450. The van der Waals surface area contributed by atoms with Crippen molar-refractivity contribution < 1.29 is 4.79 Å². The zero-order valence-electron chi connectivity index (χ0n) is 11.3. The van der Waals surface area contributed by atoms with Crippen LogP contribution in [0.2, 0.25) is 0 Å². The van der Waals surface area contributed by atoms with Gasteiger partial charge >= 0.3 is 0 Å². The Hall–Kier alpha value is -1.15. The molecular formula is C16H23NO. The van der Waals surface area contributed by atoms with Gasteiger partial charge in [0.1, 0.15) is 0 Å². The third-order valence-corrected chi connectivity index (χ3v) is 4.05. The molecule has 1 aromatic rings. The van der Waals surface area contributed by atoms with Gasteiger partial charge < -0.3 is 5.73 Å². The Morgan fingerprint density at radius 1 is 1.11 bits per heavy atom. The smallest absolute Gasteiger partial charge is 0.157 e. The predicted octanol–water partition coefficient (Wildman–Crippen LogP) is 3.33. The van der Waals surface area contributed by atoms with Crippen molar-refractivity contribution in [2.75, 3.05) is 0 Å². The Kier molecular flexibility index (Phi) is 4.18. The lowest BCUT2D eigenvalue weighted by Crippen LogP contribution is -2.33. The average Bonchev–Trinajstić information content (AvgIpc) is 2.37. The average molecular weight is 245 g/mol. The maximum Gasteiger partial charge on any atom is 0.157 e. The van der Waals surface area contributed by atoms with Gasteiger partial charge in [0.25, 0.3) is 0 Å². The summed E-state index contributed by atoms with van der Waals surface area (Å²) in [4.78, 5) is 12.5. The topological polar surface area (TPSA) is 43.1 Å². The molecule has 0 heterocycles. The summed E-state index contributed by atoms with van der Waals surface area (Å²) in [6.45, 7) is 4.48. The Bertz CT molecular complexity index is 391. The van der Waals surface area contributed by atoms with Crippen molar-refractivity contribution in [2.24, 2.45) is 23.5 Å². The highest BCUT2D eigenvalue weighted by atomic mass is 16.1. The number of nitrogens with two attached hydrogens (primary N) is 1. The second-order valence-corrected chi connectivity index (χ2v) is 5.91. The van der Waals surface area contributed by atoms with Crippen molar-refractivity contribution in [1.29, 1.82) is 0 Å². The molecule has 18 heavy (non-hydrogen) atoms. The molecule has 1 fully saturated rings. The lowest BCUT2D eigenvalue weighted by Gasteiger charge is -2.31. The van der Waals surface area contributed by atoms with E-state index < -0.39 is 6.04 Å². The van der Waals surface area contributed by atoms with Crippen LogP contribution in [0.5, 0.6) is 0 Å². The second-order valence-electron chi connectivity index (χ2n) is 5.91. The van der Waals surface area contributed by atoms with Crippen molar-refractivity contribution in [2.45, 2.75) is 39.2 Å². The van der Waals surface area contributed by atoms with E-state index in [0.29, 0.717) is 11.8 Å². The molecule has 0 saturated heterocycles. The van der Waals surface area contributed by atoms with Gasteiger partial charge in [0.15, 0.2) is 5.78 Å². The standard InChI is InChI=1S/C16H23NO/c1-11-8-12(2)10-14(9-11)16(18)15(17)13-6-4-3-5-7-13/h3-7,11-12,14-15H,8-10,17H2,1-2H3/t11?,12?,14?,15-/m1/s1. The fraction of sp³-hybridized carbons (Fsp3) is 0.562. The van der Waals surface area contributed by atoms with E-state index in [1.165, 1.54) is 6.42 Å². The zero-order chi connectivity index (χ0) is 13.1. The number of Topliss-reactive ketones (excluding diaryl/α,β-unsaturated/α-hetero) is 1. The summed E-state index contributed by atoms with van der Waals surface area (Å²) in [5, 5.41) is 0. The Labute approximate surface area is 110 Å². The third kappa shape index (κ3) is 2.99. The molecule has 3 atom stereocenters. The van der Waals surface area contributed by atoms with Gasteiger partial charge in [0, 0.05) is 5.92 Å². The van der Waals surface area contributed by atoms with E-state index in [9.17, 15) is 4.79 Å². The van der Waals surface area contributed by atoms with Crippen LogP contribution in [0.15, 0.2) is 30.3 Å². The molecule has 2 unspecified atom stereocenters. The molecule has 0 amide bonds. The van der Waals surface area contributed by atoms with Gasteiger partial charge in [-0.15, -0.1) is 0 Å². The molecule has 98 valence electrons. The highest BCUT2D eigenvalue weighted by Gasteiger charge is 2.31. The largest absolute Gasteiger partial charge is 0.318 e. The SMILES string of the molecule is CC1CC(C)CC(C(=O)[C@H](N)c2ccccc2)C1. The molecule has 1 saturated carbocycles. The van der Waals surface area contributed by atoms with Crippen molar-refractivity contribution in [3.63, 3.8) is 0 Å². The molecule has 2 heteroatoms. The van der Waals surface area contributed by atoms with Gasteiger partial charge in [-0.3, -0.25) is 4.79 Å². The molecule has 0 aliphatic heterocycles. The fourth-order valence-electron chi connectivity index (χ4n) is 3.26. The first-order valence-corrected chi connectivity index (χ1v) is 6.92. The van der Waals surface area contributed by atoms with Gasteiger partial charge in [-0.2, -0.15) is 0 Å². The fourth-order valence-corrected chi connectivity index (χ4v) is 3.26. The number of rotatable bonds is 3. The molecule has 1 aromatic carbocycles. The number of hydrogen-bond acceptors (Lipinski definition) is 2. The lowest BCUT2D eigenvalue weighted by molar-refractivity contribution is -0.126. The van der Waals surface area contributed by atoms with Crippen LogP contribution in [0.25, 0.3) is 0 Å². The van der Waals surface area contributed by atoms with Gasteiger partial charge in [-0.25, -0.2) is 0 Å². The zero-order valence-corrected chi connectivity index (χ0v) is 11.3. The highest BCUT2D eigenvalue weighted by Crippen LogP contribution is 2.35. The van der Waals surface area contributed by atoms with Crippen LogP contribution in [-0.2, 0) is 4.79 Å². The van der Waals surface area contributed by atoms with Crippen LogP contribution in [-0.4, -0.2) is 5.78 Å². The number of benzene rings is 1. The van der Waals surface area contributed by atoms with Gasteiger partial charge in [0.2, 0.25) is 0 Å². The normalized spacial score (nSPS) is 29.8. The predicted molar refractivity (Wildman–Crippen MR) is 74.0 cm³/mol. The summed E-state index contributed by atoms with van der Waals surface area (Å²) in [7, 11) is 0. The molecule has 1 aliphatic rings. The summed E-state index contributed by atoms with van der Waals surface area (Å²) >= 11 is 0. The monoisotopic (exact) mass is 245 g/mol. The summed E-state index contributed by atoms with van der Waals surface area (Å²) in [5.41, 5.74) is 7.05. The summed E-state index contributed by atoms with van der Waals surface area (Å²) in [5.74, 6) is 1.66. The van der Waals surface area contributed by atoms with Crippen molar-refractivity contribution in [1.82, 2.24) is 0 Å². The quantitative estimate of drug-likeness (QED) is 0.887. The van der Waals surface area contributed by atoms with E-state index in [4.69, 9.17) is 5.73 Å². The first kappa shape index (κ1) is 13.3. The van der Waals surface area contributed by atoms with Gasteiger partial charge in [-0.1, -0.05) is 44.2 Å². The van der Waals surface area contributed by atoms with Crippen molar-refractivity contribution in [3.8, 4) is 0 Å². The second kappa shape index (κ2) is 5.66. The Morgan fingerprint density at radius 2 is 1.67 bits per heavy atom. The Morgan fingerprint density at radius 3 is 2.22 bits per heavy atom. The van der Waals surface area contributed by atoms with E-state index in [2.05, 4.69) is 13.8 Å². The maximum absolute atomic E-state index is 12.5. The molecule has 0 spiro atoms. The van der Waals surface area contributed by atoms with E-state index >= 15 is 0 Å². The van der Waals surface area contributed by atoms with Gasteiger partial charge in [0.05, 0.1) is 6.04 Å². The molecule has 0 bridgehead atoms. The number of hydrogen-bond donors (Lipinski definition) is 1. The number of carbonyl (C=O) groups excluding carboxylic acids is 1.